The zero-order chi connectivity index (χ0) is 17.0. The first-order valence-electron chi connectivity index (χ1n) is 7.12. The molecule has 2 amide bonds. The van der Waals surface area contributed by atoms with Crippen molar-refractivity contribution in [1.29, 1.82) is 0 Å². The fourth-order valence-corrected chi connectivity index (χ4v) is 2.44. The van der Waals surface area contributed by atoms with Gasteiger partial charge >= 0.3 is 12.3 Å². The Kier molecular flexibility index (Phi) is 5.12. The number of alkyl halides is 3. The number of halogens is 3. The fraction of sp³-hybridized carbons (Fsp3) is 0.467. The number of carbonyl (C=O) groups is 2. The lowest BCUT2D eigenvalue weighted by Gasteiger charge is -2.32. The molecule has 1 heterocycles. The number of hydrogen-bond acceptors (Lipinski definition) is 3. The topological polar surface area (TPSA) is 58.6 Å². The van der Waals surface area contributed by atoms with E-state index in [4.69, 9.17) is 0 Å². The molecule has 1 saturated heterocycles. The number of hydrogen-bond donors (Lipinski definition) is 1. The van der Waals surface area contributed by atoms with Gasteiger partial charge in [0.05, 0.1) is 12.7 Å². The van der Waals surface area contributed by atoms with E-state index in [1.165, 1.54) is 19.2 Å². The highest BCUT2D eigenvalue weighted by molar-refractivity contribution is 5.94. The molecule has 126 valence electrons. The lowest BCUT2D eigenvalue weighted by molar-refractivity contribution is -0.137. The highest BCUT2D eigenvalue weighted by atomic mass is 19.4. The van der Waals surface area contributed by atoms with Gasteiger partial charge in [-0.1, -0.05) is 0 Å². The van der Waals surface area contributed by atoms with Crippen LogP contribution < -0.4 is 5.32 Å². The van der Waals surface area contributed by atoms with Crippen LogP contribution in [0.15, 0.2) is 24.3 Å². The second-order valence-electron chi connectivity index (χ2n) is 5.28. The van der Waals surface area contributed by atoms with Crippen LogP contribution in [0.25, 0.3) is 0 Å². The minimum Gasteiger partial charge on any atom is -0.453 e. The molecular weight excluding hydrogens is 313 g/mol. The summed E-state index contributed by atoms with van der Waals surface area (Å²) in [5, 5.41) is 2.67. The molecule has 1 aromatic rings. The van der Waals surface area contributed by atoms with E-state index in [0.717, 1.165) is 12.1 Å². The summed E-state index contributed by atoms with van der Waals surface area (Å²) in [5.74, 6) is -0.310. The van der Waals surface area contributed by atoms with Crippen molar-refractivity contribution in [3.63, 3.8) is 0 Å². The number of methoxy groups -OCH3 is 1. The zero-order valence-electron chi connectivity index (χ0n) is 12.5. The van der Waals surface area contributed by atoms with Gasteiger partial charge in [-0.2, -0.15) is 13.2 Å². The Hall–Kier alpha value is -2.25. The van der Waals surface area contributed by atoms with Gasteiger partial charge in [-0.15, -0.1) is 0 Å². The van der Waals surface area contributed by atoms with E-state index in [2.05, 4.69) is 10.1 Å². The van der Waals surface area contributed by atoms with Gasteiger partial charge in [-0.3, -0.25) is 4.79 Å². The maximum absolute atomic E-state index is 12.5. The van der Waals surface area contributed by atoms with Crippen LogP contribution in [0.5, 0.6) is 0 Å². The molecule has 5 nitrogen and oxygen atoms in total. The Balaban J connectivity index is 1.93. The number of rotatable bonds is 2. The van der Waals surface area contributed by atoms with Crippen LogP contribution in [0.4, 0.5) is 18.0 Å². The number of ether oxygens (including phenoxy) is 1. The number of benzene rings is 1. The Morgan fingerprint density at radius 3 is 2.22 bits per heavy atom. The van der Waals surface area contributed by atoms with Gasteiger partial charge < -0.3 is 15.0 Å². The van der Waals surface area contributed by atoms with Crippen molar-refractivity contribution in [3.8, 4) is 0 Å². The largest absolute Gasteiger partial charge is 0.453 e. The second-order valence-corrected chi connectivity index (χ2v) is 5.28. The van der Waals surface area contributed by atoms with Gasteiger partial charge in [-0.25, -0.2) is 4.79 Å². The van der Waals surface area contributed by atoms with Gasteiger partial charge in [0.2, 0.25) is 0 Å². The van der Waals surface area contributed by atoms with E-state index in [1.807, 2.05) is 0 Å². The predicted octanol–water partition coefficient (Wildman–Crippen LogP) is 2.67. The maximum atomic E-state index is 12.5. The molecule has 8 heteroatoms. The zero-order valence-corrected chi connectivity index (χ0v) is 12.5. The van der Waals surface area contributed by atoms with Crippen LogP contribution in [0.3, 0.4) is 0 Å². The highest BCUT2D eigenvalue weighted by Crippen LogP contribution is 2.29. The maximum Gasteiger partial charge on any atom is 0.416 e. The third-order valence-corrected chi connectivity index (χ3v) is 3.75. The minimum atomic E-state index is -4.42. The lowest BCUT2D eigenvalue weighted by atomic mass is 10.0. The average Bonchev–Trinajstić information content (AvgIpc) is 2.54. The molecule has 0 bridgehead atoms. The van der Waals surface area contributed by atoms with Gasteiger partial charge in [0.25, 0.3) is 5.91 Å². The van der Waals surface area contributed by atoms with Crippen molar-refractivity contribution >= 4 is 12.0 Å². The standard InChI is InChI=1S/C15H17F3N2O3/c1-23-14(22)19-12-6-8-20(9-7-12)13(21)10-2-4-11(5-3-10)15(16,17)18/h2-5,12H,6-9H2,1H3,(H,19,22). The molecule has 0 aromatic heterocycles. The number of likely N-dealkylation sites (tertiary alicyclic amines) is 1. The minimum absolute atomic E-state index is 0.0703. The molecule has 1 aliphatic heterocycles. The van der Waals surface area contributed by atoms with E-state index in [1.54, 1.807) is 4.90 Å². The van der Waals surface area contributed by atoms with Crippen molar-refractivity contribution < 1.29 is 27.5 Å². The Morgan fingerprint density at radius 1 is 1.17 bits per heavy atom. The molecule has 0 saturated carbocycles. The van der Waals surface area contributed by atoms with Gasteiger partial charge in [0.15, 0.2) is 0 Å². The summed E-state index contributed by atoms with van der Waals surface area (Å²) in [7, 11) is 1.28. The molecule has 0 atom stereocenters. The van der Waals surface area contributed by atoms with Gasteiger partial charge in [0, 0.05) is 24.7 Å². The molecule has 0 radical (unpaired) electrons. The Morgan fingerprint density at radius 2 is 1.74 bits per heavy atom. The number of nitrogens with one attached hydrogen (secondary N) is 1. The summed E-state index contributed by atoms with van der Waals surface area (Å²) < 4.78 is 42.0. The van der Waals surface area contributed by atoms with Crippen LogP contribution in [-0.4, -0.2) is 43.1 Å². The number of amides is 2. The van der Waals surface area contributed by atoms with E-state index in [-0.39, 0.29) is 17.5 Å². The second kappa shape index (κ2) is 6.89. The molecule has 0 aliphatic carbocycles. The normalized spacial score (nSPS) is 16.1. The lowest BCUT2D eigenvalue weighted by Crippen LogP contribution is -2.46. The first kappa shape index (κ1) is 17.1. The molecule has 23 heavy (non-hydrogen) atoms. The molecule has 1 N–H and O–H groups in total. The van der Waals surface area contributed by atoms with E-state index >= 15 is 0 Å². The highest BCUT2D eigenvalue weighted by Gasteiger charge is 2.31. The quantitative estimate of drug-likeness (QED) is 0.907. The molecule has 1 aromatic carbocycles. The van der Waals surface area contributed by atoms with Crippen molar-refractivity contribution in [2.45, 2.75) is 25.1 Å². The van der Waals surface area contributed by atoms with Gasteiger partial charge in [-0.05, 0) is 37.1 Å². The average molecular weight is 330 g/mol. The Bertz CT molecular complexity index is 564. The number of alkyl carbamates (subject to hydrolysis) is 1. The molecule has 2 rings (SSSR count). The van der Waals surface area contributed by atoms with Crippen LogP contribution in [0.1, 0.15) is 28.8 Å². The smallest absolute Gasteiger partial charge is 0.416 e. The van der Waals surface area contributed by atoms with E-state index < -0.39 is 17.8 Å². The predicted molar refractivity (Wildman–Crippen MR) is 75.9 cm³/mol. The number of piperidine rings is 1. The Labute approximate surface area is 131 Å². The van der Waals surface area contributed by atoms with Crippen molar-refractivity contribution in [2.75, 3.05) is 20.2 Å². The molecule has 0 unspecified atom stereocenters. The van der Waals surface area contributed by atoms with E-state index in [9.17, 15) is 22.8 Å². The SMILES string of the molecule is COC(=O)NC1CCN(C(=O)c2ccc(C(F)(F)F)cc2)CC1. The molecule has 1 fully saturated rings. The summed E-state index contributed by atoms with van der Waals surface area (Å²) in [6.07, 6.45) is -3.79. The van der Waals surface area contributed by atoms with Crippen molar-refractivity contribution in [2.24, 2.45) is 0 Å². The summed E-state index contributed by atoms with van der Waals surface area (Å²) in [6, 6.07) is 4.10. The first-order chi connectivity index (χ1) is 10.8. The van der Waals surface area contributed by atoms with Crippen molar-refractivity contribution in [1.82, 2.24) is 10.2 Å². The molecular formula is C15H17F3N2O3. The summed E-state index contributed by atoms with van der Waals surface area (Å²) in [6.45, 7) is 0.850. The van der Waals surface area contributed by atoms with Crippen LogP contribution >= 0.6 is 0 Å². The number of nitrogens with zero attached hydrogens (tertiary/aromatic N) is 1. The molecule has 1 aliphatic rings. The first-order valence-corrected chi connectivity index (χ1v) is 7.12. The summed E-state index contributed by atoms with van der Waals surface area (Å²) in [4.78, 5) is 25.0. The number of carbonyl (C=O) groups excluding carboxylic acids is 2. The third-order valence-electron chi connectivity index (χ3n) is 3.75. The third kappa shape index (κ3) is 4.37. The van der Waals surface area contributed by atoms with Crippen molar-refractivity contribution in [3.05, 3.63) is 35.4 Å². The molecule has 0 spiro atoms. The van der Waals surface area contributed by atoms with Crippen LogP contribution in [0.2, 0.25) is 0 Å². The summed E-state index contributed by atoms with van der Waals surface area (Å²) in [5.41, 5.74) is -0.563. The fourth-order valence-electron chi connectivity index (χ4n) is 2.44. The van der Waals surface area contributed by atoms with Crippen LogP contribution in [-0.2, 0) is 10.9 Å². The van der Waals surface area contributed by atoms with Gasteiger partial charge in [0.1, 0.15) is 0 Å². The van der Waals surface area contributed by atoms with Crippen LogP contribution in [0, 0.1) is 0 Å². The van der Waals surface area contributed by atoms with E-state index in [0.29, 0.717) is 25.9 Å². The summed E-state index contributed by atoms with van der Waals surface area (Å²) >= 11 is 0. The monoisotopic (exact) mass is 330 g/mol.